The van der Waals surface area contributed by atoms with Crippen LogP contribution in [0.25, 0.3) is 0 Å². The van der Waals surface area contributed by atoms with Crippen molar-refractivity contribution in [3.05, 3.63) is 0 Å². The van der Waals surface area contributed by atoms with Gasteiger partial charge in [0.2, 0.25) is 0 Å². The number of rotatable bonds is 1. The molecule has 0 amide bonds. The maximum absolute atomic E-state index is 3.55. The Labute approximate surface area is 62.2 Å². The Balaban J connectivity index is 1.80. The van der Waals surface area contributed by atoms with E-state index in [-0.39, 0.29) is 0 Å². The number of piperidine rings is 2. The molecule has 4 aliphatic rings. The summed E-state index contributed by atoms with van der Waals surface area (Å²) in [4.78, 5) is 0. The Kier molecular flexibility index (Phi) is 0.883. The van der Waals surface area contributed by atoms with E-state index in [9.17, 15) is 0 Å². The summed E-state index contributed by atoms with van der Waals surface area (Å²) in [5.74, 6) is 2.20. The second kappa shape index (κ2) is 1.58. The second-order valence-electron chi connectivity index (χ2n) is 4.54. The monoisotopic (exact) mass is 137 g/mol. The molecule has 10 heavy (non-hydrogen) atoms. The first-order valence-corrected chi connectivity index (χ1v) is 4.60. The van der Waals surface area contributed by atoms with E-state index in [4.69, 9.17) is 0 Å². The summed E-state index contributed by atoms with van der Waals surface area (Å²) < 4.78 is 0. The second-order valence-corrected chi connectivity index (χ2v) is 4.54. The van der Waals surface area contributed by atoms with Crippen molar-refractivity contribution in [3.8, 4) is 0 Å². The van der Waals surface area contributed by atoms with Gasteiger partial charge in [0.05, 0.1) is 0 Å². The zero-order valence-electron chi connectivity index (χ0n) is 6.40. The van der Waals surface area contributed by atoms with Crippen molar-refractivity contribution in [1.82, 2.24) is 5.32 Å². The van der Waals surface area contributed by atoms with E-state index in [0.717, 1.165) is 17.3 Å². The first-order valence-electron chi connectivity index (χ1n) is 4.60. The summed E-state index contributed by atoms with van der Waals surface area (Å²) in [6.07, 6.45) is 6.19. The van der Waals surface area contributed by atoms with Crippen LogP contribution >= 0.6 is 0 Å². The molecule has 0 unspecified atom stereocenters. The van der Waals surface area contributed by atoms with E-state index in [2.05, 4.69) is 5.32 Å². The van der Waals surface area contributed by atoms with Crippen LogP contribution < -0.4 is 5.32 Å². The van der Waals surface area contributed by atoms with Crippen LogP contribution in [0.1, 0.15) is 25.7 Å². The average molecular weight is 137 g/mol. The van der Waals surface area contributed by atoms with Crippen LogP contribution in [0.4, 0.5) is 0 Å². The van der Waals surface area contributed by atoms with Gasteiger partial charge in [-0.15, -0.1) is 0 Å². The molecule has 2 bridgehead atoms. The van der Waals surface area contributed by atoms with E-state index < -0.39 is 0 Å². The normalized spacial score (nSPS) is 52.2. The van der Waals surface area contributed by atoms with Crippen LogP contribution in [0.3, 0.4) is 0 Å². The molecule has 2 aliphatic carbocycles. The summed E-state index contributed by atoms with van der Waals surface area (Å²) >= 11 is 0. The van der Waals surface area contributed by atoms with E-state index in [1.54, 1.807) is 12.8 Å². The largest absolute Gasteiger partial charge is 0.316 e. The third kappa shape index (κ3) is 0.572. The number of hydrogen-bond acceptors (Lipinski definition) is 1. The first kappa shape index (κ1) is 5.59. The highest BCUT2D eigenvalue weighted by atomic mass is 14.9. The smallest absolute Gasteiger partial charge is 0.00108 e. The number of fused-ring (bicyclic) bond motifs is 2. The lowest BCUT2D eigenvalue weighted by atomic mass is 9.57. The standard InChI is InChI=1S/C9H15N/c1-2-8(1)9-3-7(4-9)5-10-6-9/h7-8,10H,1-6H2. The van der Waals surface area contributed by atoms with Crippen molar-refractivity contribution in [1.29, 1.82) is 0 Å². The van der Waals surface area contributed by atoms with Gasteiger partial charge in [-0.1, -0.05) is 0 Å². The van der Waals surface area contributed by atoms with Gasteiger partial charge in [0.15, 0.2) is 0 Å². The van der Waals surface area contributed by atoms with E-state index in [1.807, 2.05) is 0 Å². The van der Waals surface area contributed by atoms with Crippen LogP contribution in [0, 0.1) is 17.3 Å². The molecule has 0 aromatic rings. The van der Waals surface area contributed by atoms with Gasteiger partial charge in [0.1, 0.15) is 0 Å². The van der Waals surface area contributed by atoms with Crippen molar-refractivity contribution in [2.24, 2.45) is 17.3 Å². The molecule has 2 saturated carbocycles. The minimum atomic E-state index is 0.822. The third-order valence-electron chi connectivity index (χ3n) is 3.74. The van der Waals surface area contributed by atoms with Crippen molar-refractivity contribution in [2.75, 3.05) is 13.1 Å². The van der Waals surface area contributed by atoms with Gasteiger partial charge in [-0.25, -0.2) is 0 Å². The molecule has 4 fully saturated rings. The van der Waals surface area contributed by atoms with Gasteiger partial charge in [0, 0.05) is 6.54 Å². The molecule has 2 aliphatic heterocycles. The zero-order chi connectivity index (χ0) is 6.60. The van der Waals surface area contributed by atoms with Crippen LogP contribution in [0.15, 0.2) is 0 Å². The van der Waals surface area contributed by atoms with Crippen molar-refractivity contribution >= 4 is 0 Å². The predicted molar refractivity (Wildman–Crippen MR) is 40.8 cm³/mol. The highest BCUT2D eigenvalue weighted by Gasteiger charge is 2.54. The molecule has 1 heteroatoms. The topological polar surface area (TPSA) is 12.0 Å². The minimum Gasteiger partial charge on any atom is -0.316 e. The molecule has 0 radical (unpaired) electrons. The molecule has 2 saturated heterocycles. The van der Waals surface area contributed by atoms with Gasteiger partial charge in [-0.3, -0.25) is 0 Å². The van der Waals surface area contributed by atoms with Crippen LogP contribution in [-0.2, 0) is 0 Å². The lowest BCUT2D eigenvalue weighted by molar-refractivity contribution is -0.00685. The molecule has 4 rings (SSSR count). The Morgan fingerprint density at radius 2 is 2.00 bits per heavy atom. The molecule has 56 valence electrons. The van der Waals surface area contributed by atoms with E-state index in [1.165, 1.54) is 25.9 Å². The molecule has 0 atom stereocenters. The fourth-order valence-corrected chi connectivity index (χ4v) is 3.08. The molecular formula is C9H15N. The SMILES string of the molecule is C1NCC2(C3CC3)CC1C2. The van der Waals surface area contributed by atoms with Gasteiger partial charge in [-0.2, -0.15) is 0 Å². The fraction of sp³-hybridized carbons (Fsp3) is 1.00. The quantitative estimate of drug-likeness (QED) is 0.576. The van der Waals surface area contributed by atoms with Crippen LogP contribution in [0.2, 0.25) is 0 Å². The first-order chi connectivity index (χ1) is 4.89. The number of nitrogens with one attached hydrogen (secondary N) is 1. The molecular weight excluding hydrogens is 122 g/mol. The fourth-order valence-electron chi connectivity index (χ4n) is 3.08. The lowest BCUT2D eigenvalue weighted by Crippen LogP contribution is -2.55. The van der Waals surface area contributed by atoms with E-state index in [0.29, 0.717) is 0 Å². The van der Waals surface area contributed by atoms with Gasteiger partial charge < -0.3 is 5.32 Å². The third-order valence-corrected chi connectivity index (χ3v) is 3.74. The Bertz CT molecular complexity index is 149. The number of hydrogen-bond donors (Lipinski definition) is 1. The van der Waals surface area contributed by atoms with Crippen molar-refractivity contribution < 1.29 is 0 Å². The zero-order valence-corrected chi connectivity index (χ0v) is 6.40. The average Bonchev–Trinajstić information content (AvgIpc) is 2.67. The van der Waals surface area contributed by atoms with Crippen molar-refractivity contribution in [3.63, 3.8) is 0 Å². The Morgan fingerprint density at radius 3 is 2.50 bits per heavy atom. The highest BCUT2D eigenvalue weighted by Crippen LogP contribution is 2.60. The summed E-state index contributed by atoms with van der Waals surface area (Å²) in [5, 5.41) is 3.55. The van der Waals surface area contributed by atoms with Crippen LogP contribution in [-0.4, -0.2) is 13.1 Å². The Hall–Kier alpha value is -0.0400. The molecule has 2 heterocycles. The molecule has 1 N–H and O–H groups in total. The summed E-state index contributed by atoms with van der Waals surface area (Å²) in [5.41, 5.74) is 0.822. The Morgan fingerprint density at radius 1 is 1.20 bits per heavy atom. The van der Waals surface area contributed by atoms with Crippen LogP contribution in [0.5, 0.6) is 0 Å². The molecule has 0 spiro atoms. The molecule has 0 aromatic carbocycles. The molecule has 1 nitrogen and oxygen atoms in total. The lowest BCUT2D eigenvalue weighted by Gasteiger charge is -2.53. The highest BCUT2D eigenvalue weighted by molar-refractivity contribution is 5.07. The maximum Gasteiger partial charge on any atom is 0.00108 e. The van der Waals surface area contributed by atoms with Crippen molar-refractivity contribution in [2.45, 2.75) is 25.7 Å². The van der Waals surface area contributed by atoms with E-state index >= 15 is 0 Å². The summed E-state index contributed by atoms with van der Waals surface area (Å²) in [6.45, 7) is 2.66. The van der Waals surface area contributed by atoms with Gasteiger partial charge in [0.25, 0.3) is 0 Å². The molecule has 0 aromatic heterocycles. The van der Waals surface area contributed by atoms with Gasteiger partial charge >= 0.3 is 0 Å². The predicted octanol–water partition coefficient (Wildman–Crippen LogP) is 1.40. The summed E-state index contributed by atoms with van der Waals surface area (Å²) in [6, 6.07) is 0. The maximum atomic E-state index is 3.55. The summed E-state index contributed by atoms with van der Waals surface area (Å²) in [7, 11) is 0. The van der Waals surface area contributed by atoms with Gasteiger partial charge in [-0.05, 0) is 49.5 Å². The minimum absolute atomic E-state index is 0.822.